The van der Waals surface area contributed by atoms with E-state index in [1.807, 2.05) is 18.2 Å². The molecule has 2 rings (SSSR count). The van der Waals surface area contributed by atoms with Gasteiger partial charge in [0, 0.05) is 23.7 Å². The Morgan fingerprint density at radius 3 is 2.88 bits per heavy atom. The average molecular weight is 234 g/mol. The molecule has 0 atom stereocenters. The number of aromatic nitrogens is 1. The van der Waals surface area contributed by atoms with E-state index >= 15 is 0 Å². The Hall–Kier alpha value is -1.39. The first kappa shape index (κ1) is 11.1. The number of nitrogens with two attached hydrogens (primary N) is 1. The highest BCUT2D eigenvalue weighted by Crippen LogP contribution is 2.37. The van der Waals surface area contributed by atoms with Crippen LogP contribution in [0.25, 0.3) is 11.3 Å². The van der Waals surface area contributed by atoms with Gasteiger partial charge in [-0.25, -0.2) is 0 Å². The summed E-state index contributed by atoms with van der Waals surface area (Å²) in [5, 5.41) is 0.809. The molecule has 0 radical (unpaired) electrons. The van der Waals surface area contributed by atoms with Crippen LogP contribution in [-0.2, 0) is 11.3 Å². The summed E-state index contributed by atoms with van der Waals surface area (Å²) in [7, 11) is 1.69. The molecule has 0 spiro atoms. The van der Waals surface area contributed by atoms with Gasteiger partial charge in [-0.05, 0) is 24.6 Å². The Balaban J connectivity index is 2.49. The second-order valence-corrected chi connectivity index (χ2v) is 4.67. The van der Waals surface area contributed by atoms with Crippen LogP contribution in [-0.4, -0.2) is 12.1 Å². The van der Waals surface area contributed by atoms with E-state index in [1.165, 1.54) is 10.4 Å². The third kappa shape index (κ3) is 1.94. The second-order valence-electron chi connectivity index (χ2n) is 3.54. The highest BCUT2D eigenvalue weighted by Gasteiger charge is 2.14. The first-order valence-electron chi connectivity index (χ1n) is 5.02. The van der Waals surface area contributed by atoms with Crippen molar-refractivity contribution in [2.45, 2.75) is 13.5 Å². The lowest BCUT2D eigenvalue weighted by molar-refractivity contribution is 0.187. The summed E-state index contributed by atoms with van der Waals surface area (Å²) in [6.07, 6.45) is 1.78. The molecule has 0 fully saturated rings. The van der Waals surface area contributed by atoms with E-state index in [1.54, 1.807) is 24.6 Å². The third-order valence-electron chi connectivity index (χ3n) is 2.47. The highest BCUT2D eigenvalue weighted by atomic mass is 32.1. The van der Waals surface area contributed by atoms with E-state index in [0.29, 0.717) is 6.61 Å². The smallest absolute Gasteiger partial charge is 0.0958 e. The molecule has 0 aliphatic rings. The molecule has 0 aromatic carbocycles. The number of rotatable bonds is 3. The molecule has 0 unspecified atom stereocenters. The van der Waals surface area contributed by atoms with E-state index in [0.717, 1.165) is 16.3 Å². The van der Waals surface area contributed by atoms with Gasteiger partial charge in [-0.3, -0.25) is 4.98 Å². The van der Waals surface area contributed by atoms with Gasteiger partial charge in [0.25, 0.3) is 0 Å². The lowest BCUT2D eigenvalue weighted by Gasteiger charge is -2.01. The van der Waals surface area contributed by atoms with Crippen molar-refractivity contribution in [3.8, 4) is 11.3 Å². The summed E-state index contributed by atoms with van der Waals surface area (Å²) < 4.78 is 5.15. The van der Waals surface area contributed by atoms with E-state index < -0.39 is 0 Å². The summed E-state index contributed by atoms with van der Waals surface area (Å²) >= 11 is 1.57. The van der Waals surface area contributed by atoms with Crippen molar-refractivity contribution in [1.82, 2.24) is 4.98 Å². The fourth-order valence-corrected chi connectivity index (χ4v) is 2.74. The number of pyridine rings is 1. The van der Waals surface area contributed by atoms with Gasteiger partial charge in [0.05, 0.1) is 17.3 Å². The number of anilines is 1. The Morgan fingerprint density at radius 1 is 1.44 bits per heavy atom. The monoisotopic (exact) mass is 234 g/mol. The lowest BCUT2D eigenvalue weighted by atomic mass is 10.1. The van der Waals surface area contributed by atoms with Crippen molar-refractivity contribution in [3.63, 3.8) is 0 Å². The number of nitrogens with zero attached hydrogens (tertiary/aromatic N) is 1. The van der Waals surface area contributed by atoms with E-state index in [-0.39, 0.29) is 0 Å². The maximum atomic E-state index is 6.03. The number of hydrogen-bond donors (Lipinski definition) is 1. The highest BCUT2D eigenvalue weighted by molar-refractivity contribution is 7.16. The SMILES string of the molecule is COCc1sc(N)c(-c2ccccn2)c1C. The van der Waals surface area contributed by atoms with Crippen LogP contribution in [0.2, 0.25) is 0 Å². The van der Waals surface area contributed by atoms with Gasteiger partial charge in [-0.2, -0.15) is 0 Å². The van der Waals surface area contributed by atoms with Crippen LogP contribution in [0.1, 0.15) is 10.4 Å². The fourth-order valence-electron chi connectivity index (χ4n) is 1.68. The second kappa shape index (κ2) is 4.63. The van der Waals surface area contributed by atoms with Crippen LogP contribution in [0.15, 0.2) is 24.4 Å². The Morgan fingerprint density at radius 2 is 2.25 bits per heavy atom. The topological polar surface area (TPSA) is 48.1 Å². The van der Waals surface area contributed by atoms with E-state index in [9.17, 15) is 0 Å². The van der Waals surface area contributed by atoms with Crippen molar-refractivity contribution in [1.29, 1.82) is 0 Å². The minimum atomic E-state index is 0.605. The number of ether oxygens (including phenoxy) is 1. The van der Waals surface area contributed by atoms with Crippen molar-refractivity contribution >= 4 is 16.3 Å². The largest absolute Gasteiger partial charge is 0.390 e. The molecular formula is C12H14N2OS. The molecule has 16 heavy (non-hydrogen) atoms. The van der Waals surface area contributed by atoms with Gasteiger partial charge in [0.15, 0.2) is 0 Å². The van der Waals surface area contributed by atoms with Gasteiger partial charge in [0.1, 0.15) is 0 Å². The minimum absolute atomic E-state index is 0.605. The molecule has 0 bridgehead atoms. The third-order valence-corrected chi connectivity index (χ3v) is 3.56. The zero-order valence-corrected chi connectivity index (χ0v) is 10.2. The molecule has 0 saturated carbocycles. The first-order chi connectivity index (χ1) is 7.74. The average Bonchev–Trinajstić information content (AvgIpc) is 2.56. The normalized spacial score (nSPS) is 10.6. The number of hydrogen-bond acceptors (Lipinski definition) is 4. The standard InChI is InChI=1S/C12H14N2OS/c1-8-10(7-15-2)16-12(13)11(8)9-5-3-4-6-14-9/h3-6H,7,13H2,1-2H3. The Bertz CT molecular complexity index is 479. The molecule has 0 amide bonds. The fraction of sp³-hybridized carbons (Fsp3) is 0.250. The molecular weight excluding hydrogens is 220 g/mol. The summed E-state index contributed by atoms with van der Waals surface area (Å²) in [4.78, 5) is 5.50. The quantitative estimate of drug-likeness (QED) is 0.888. The Labute approximate surface area is 98.9 Å². The predicted octanol–water partition coefficient (Wildman–Crippen LogP) is 2.85. The molecule has 84 valence electrons. The van der Waals surface area contributed by atoms with Crippen LogP contribution in [0.4, 0.5) is 5.00 Å². The number of thiophene rings is 1. The molecule has 3 nitrogen and oxygen atoms in total. The molecule has 0 aliphatic heterocycles. The lowest BCUT2D eigenvalue weighted by Crippen LogP contribution is -1.89. The zero-order chi connectivity index (χ0) is 11.5. The molecule has 4 heteroatoms. The zero-order valence-electron chi connectivity index (χ0n) is 9.36. The molecule has 0 saturated heterocycles. The Kier molecular flexibility index (Phi) is 3.22. The maximum absolute atomic E-state index is 6.03. The van der Waals surface area contributed by atoms with E-state index in [4.69, 9.17) is 10.5 Å². The van der Waals surface area contributed by atoms with Crippen molar-refractivity contribution in [2.75, 3.05) is 12.8 Å². The molecule has 0 aliphatic carbocycles. The van der Waals surface area contributed by atoms with Crippen molar-refractivity contribution < 1.29 is 4.74 Å². The van der Waals surface area contributed by atoms with Crippen LogP contribution < -0.4 is 5.73 Å². The first-order valence-corrected chi connectivity index (χ1v) is 5.83. The minimum Gasteiger partial charge on any atom is -0.390 e. The van der Waals surface area contributed by atoms with Gasteiger partial charge in [0.2, 0.25) is 0 Å². The van der Waals surface area contributed by atoms with Crippen LogP contribution >= 0.6 is 11.3 Å². The molecule has 2 N–H and O–H groups in total. The maximum Gasteiger partial charge on any atom is 0.0958 e. The number of methoxy groups -OCH3 is 1. The number of nitrogen functional groups attached to an aromatic ring is 1. The summed E-state index contributed by atoms with van der Waals surface area (Å²) in [6.45, 7) is 2.67. The predicted molar refractivity (Wildman–Crippen MR) is 67.4 cm³/mol. The van der Waals surface area contributed by atoms with Crippen LogP contribution in [0.5, 0.6) is 0 Å². The summed E-state index contributed by atoms with van der Waals surface area (Å²) in [5.41, 5.74) is 9.16. The van der Waals surface area contributed by atoms with E-state index in [2.05, 4.69) is 11.9 Å². The summed E-state index contributed by atoms with van der Waals surface area (Å²) in [5.74, 6) is 0. The molecule has 2 aromatic rings. The van der Waals surface area contributed by atoms with Crippen molar-refractivity contribution in [2.24, 2.45) is 0 Å². The van der Waals surface area contributed by atoms with Gasteiger partial charge >= 0.3 is 0 Å². The van der Waals surface area contributed by atoms with Crippen molar-refractivity contribution in [3.05, 3.63) is 34.8 Å². The molecule has 2 heterocycles. The van der Waals surface area contributed by atoms with Gasteiger partial charge in [-0.15, -0.1) is 11.3 Å². The van der Waals surface area contributed by atoms with Crippen LogP contribution in [0.3, 0.4) is 0 Å². The molecule has 2 aromatic heterocycles. The summed E-state index contributed by atoms with van der Waals surface area (Å²) in [6, 6.07) is 5.84. The van der Waals surface area contributed by atoms with Crippen LogP contribution in [0, 0.1) is 6.92 Å². The van der Waals surface area contributed by atoms with Gasteiger partial charge in [-0.1, -0.05) is 6.07 Å². The van der Waals surface area contributed by atoms with Gasteiger partial charge < -0.3 is 10.5 Å².